The SMILES string of the molecule is Cc1ccc(C)c2sc(N(CCCN3CCOCC3)C(=O)CCCSc3ccc(Cl)cc3)nc12. The molecule has 1 aliphatic heterocycles. The number of rotatable bonds is 10. The van der Waals surface area contributed by atoms with Gasteiger partial charge in [-0.15, -0.1) is 11.8 Å². The number of thiazole rings is 1. The van der Waals surface area contributed by atoms with Crippen molar-refractivity contribution in [3.63, 3.8) is 0 Å². The Morgan fingerprint density at radius 3 is 2.59 bits per heavy atom. The van der Waals surface area contributed by atoms with Crippen molar-refractivity contribution in [2.24, 2.45) is 0 Å². The molecule has 8 heteroatoms. The van der Waals surface area contributed by atoms with Crippen LogP contribution in [0.5, 0.6) is 0 Å². The summed E-state index contributed by atoms with van der Waals surface area (Å²) in [5.41, 5.74) is 3.39. The number of amides is 1. The Balaban J connectivity index is 1.40. The molecule has 0 radical (unpaired) electrons. The molecule has 3 aromatic rings. The molecule has 0 unspecified atom stereocenters. The van der Waals surface area contributed by atoms with Gasteiger partial charge in [0.15, 0.2) is 5.13 Å². The van der Waals surface area contributed by atoms with Gasteiger partial charge in [-0.05, 0) is 67.8 Å². The highest BCUT2D eigenvalue weighted by Crippen LogP contribution is 2.33. The predicted molar refractivity (Wildman–Crippen MR) is 145 cm³/mol. The molecule has 2 aromatic carbocycles. The van der Waals surface area contributed by atoms with E-state index in [4.69, 9.17) is 21.3 Å². The van der Waals surface area contributed by atoms with Crippen LogP contribution in [-0.2, 0) is 9.53 Å². The molecular weight excluding hydrogens is 486 g/mol. The largest absolute Gasteiger partial charge is 0.379 e. The highest BCUT2D eigenvalue weighted by Gasteiger charge is 2.21. The molecule has 1 aliphatic rings. The van der Waals surface area contributed by atoms with Crippen molar-refractivity contribution in [2.75, 3.05) is 50.0 Å². The number of benzene rings is 2. The number of ether oxygens (including phenoxy) is 1. The van der Waals surface area contributed by atoms with Crippen LogP contribution in [0, 0.1) is 13.8 Å². The summed E-state index contributed by atoms with van der Waals surface area (Å²) in [5.74, 6) is 1.06. The summed E-state index contributed by atoms with van der Waals surface area (Å²) in [7, 11) is 0. The summed E-state index contributed by atoms with van der Waals surface area (Å²) in [4.78, 5) is 23.8. The van der Waals surface area contributed by atoms with E-state index in [9.17, 15) is 4.79 Å². The van der Waals surface area contributed by atoms with Crippen molar-refractivity contribution >= 4 is 56.0 Å². The molecule has 0 spiro atoms. The van der Waals surface area contributed by atoms with Crippen molar-refractivity contribution in [3.05, 3.63) is 52.5 Å². The minimum Gasteiger partial charge on any atom is -0.379 e. The Labute approximate surface area is 215 Å². The van der Waals surface area contributed by atoms with E-state index in [1.165, 1.54) is 15.2 Å². The molecule has 0 saturated carbocycles. The van der Waals surface area contributed by atoms with Gasteiger partial charge >= 0.3 is 0 Å². The van der Waals surface area contributed by atoms with E-state index in [1.54, 1.807) is 23.1 Å². The van der Waals surface area contributed by atoms with Gasteiger partial charge in [0, 0.05) is 42.5 Å². The molecule has 0 bridgehead atoms. The molecule has 34 heavy (non-hydrogen) atoms. The lowest BCUT2D eigenvalue weighted by Crippen LogP contribution is -2.39. The van der Waals surface area contributed by atoms with Crippen molar-refractivity contribution in [1.29, 1.82) is 0 Å². The van der Waals surface area contributed by atoms with Gasteiger partial charge in [0.05, 0.1) is 23.4 Å². The Hall–Kier alpha value is -1.64. The lowest BCUT2D eigenvalue weighted by molar-refractivity contribution is -0.118. The second kappa shape index (κ2) is 12.4. The molecule has 0 N–H and O–H groups in total. The zero-order chi connectivity index (χ0) is 23.9. The third-order valence-electron chi connectivity index (χ3n) is 6.04. The quantitative estimate of drug-likeness (QED) is 0.237. The van der Waals surface area contributed by atoms with Crippen LogP contribution < -0.4 is 4.90 Å². The Morgan fingerprint density at radius 2 is 1.85 bits per heavy atom. The molecule has 2 heterocycles. The fourth-order valence-electron chi connectivity index (χ4n) is 4.05. The minimum atomic E-state index is 0.160. The first kappa shape index (κ1) is 25.5. The Bertz CT molecular complexity index is 1060. The number of carbonyl (C=O) groups is 1. The Kier molecular flexibility index (Phi) is 9.25. The van der Waals surface area contributed by atoms with E-state index in [0.717, 1.165) is 72.7 Å². The van der Waals surface area contributed by atoms with Crippen LogP contribution in [0.1, 0.15) is 30.4 Å². The molecule has 1 fully saturated rings. The van der Waals surface area contributed by atoms with E-state index in [2.05, 4.69) is 30.9 Å². The summed E-state index contributed by atoms with van der Waals surface area (Å²) in [5, 5.41) is 1.57. The van der Waals surface area contributed by atoms with Gasteiger partial charge < -0.3 is 4.74 Å². The monoisotopic (exact) mass is 517 g/mol. The predicted octanol–water partition coefficient (Wildman–Crippen LogP) is 6.19. The number of morpholine rings is 1. The minimum absolute atomic E-state index is 0.160. The number of aryl methyl sites for hydroxylation is 2. The summed E-state index contributed by atoms with van der Waals surface area (Å²) >= 11 is 9.38. The van der Waals surface area contributed by atoms with E-state index in [1.807, 2.05) is 29.2 Å². The number of carbonyl (C=O) groups excluding carboxylic acids is 1. The maximum atomic E-state index is 13.4. The second-order valence-corrected chi connectivity index (χ2v) is 11.2. The van der Waals surface area contributed by atoms with Gasteiger partial charge in [0.2, 0.25) is 5.91 Å². The fourth-order valence-corrected chi connectivity index (χ4v) is 6.18. The molecule has 1 saturated heterocycles. The summed E-state index contributed by atoms with van der Waals surface area (Å²) < 4.78 is 6.64. The molecule has 1 aromatic heterocycles. The summed E-state index contributed by atoms with van der Waals surface area (Å²) in [6, 6.07) is 12.1. The van der Waals surface area contributed by atoms with E-state index in [0.29, 0.717) is 13.0 Å². The lowest BCUT2D eigenvalue weighted by atomic mass is 10.1. The van der Waals surface area contributed by atoms with Crippen LogP contribution in [0.3, 0.4) is 0 Å². The van der Waals surface area contributed by atoms with Crippen LogP contribution in [0.15, 0.2) is 41.3 Å². The molecule has 5 nitrogen and oxygen atoms in total. The maximum absolute atomic E-state index is 13.4. The van der Waals surface area contributed by atoms with E-state index in [-0.39, 0.29) is 5.91 Å². The number of halogens is 1. The van der Waals surface area contributed by atoms with E-state index < -0.39 is 0 Å². The zero-order valence-electron chi connectivity index (χ0n) is 19.9. The van der Waals surface area contributed by atoms with Gasteiger partial charge in [-0.1, -0.05) is 35.1 Å². The van der Waals surface area contributed by atoms with Crippen molar-refractivity contribution < 1.29 is 9.53 Å². The first-order valence-electron chi connectivity index (χ1n) is 11.9. The van der Waals surface area contributed by atoms with Gasteiger partial charge in [-0.2, -0.15) is 0 Å². The molecule has 4 rings (SSSR count). The van der Waals surface area contributed by atoms with Gasteiger partial charge in [0.25, 0.3) is 0 Å². The van der Waals surface area contributed by atoms with Gasteiger partial charge in [0.1, 0.15) is 0 Å². The number of hydrogen-bond donors (Lipinski definition) is 0. The van der Waals surface area contributed by atoms with Crippen LogP contribution in [-0.4, -0.2) is 60.9 Å². The van der Waals surface area contributed by atoms with Crippen molar-refractivity contribution in [3.8, 4) is 0 Å². The molecule has 0 aliphatic carbocycles. The maximum Gasteiger partial charge on any atom is 0.228 e. The number of thioether (sulfide) groups is 1. The number of fused-ring (bicyclic) bond motifs is 1. The van der Waals surface area contributed by atoms with Crippen molar-refractivity contribution in [2.45, 2.75) is 38.0 Å². The third kappa shape index (κ3) is 6.73. The third-order valence-corrected chi connectivity index (χ3v) is 8.60. The normalized spacial score (nSPS) is 14.6. The number of aromatic nitrogens is 1. The molecule has 182 valence electrons. The molecular formula is C26H32ClN3O2S2. The van der Waals surface area contributed by atoms with Gasteiger partial charge in [-0.25, -0.2) is 4.98 Å². The van der Waals surface area contributed by atoms with Gasteiger partial charge in [-0.3, -0.25) is 14.6 Å². The lowest BCUT2D eigenvalue weighted by Gasteiger charge is -2.27. The highest BCUT2D eigenvalue weighted by molar-refractivity contribution is 7.99. The smallest absolute Gasteiger partial charge is 0.228 e. The number of nitrogens with zero attached hydrogens (tertiary/aromatic N) is 3. The molecule has 0 atom stereocenters. The van der Waals surface area contributed by atoms with Crippen LogP contribution >= 0.6 is 34.7 Å². The number of anilines is 1. The first-order chi connectivity index (χ1) is 16.5. The highest BCUT2D eigenvalue weighted by atomic mass is 35.5. The average molecular weight is 518 g/mol. The van der Waals surface area contributed by atoms with Crippen LogP contribution in [0.25, 0.3) is 10.2 Å². The second-order valence-electron chi connectivity index (χ2n) is 8.63. The first-order valence-corrected chi connectivity index (χ1v) is 14.0. The van der Waals surface area contributed by atoms with Crippen LogP contribution in [0.2, 0.25) is 5.02 Å². The fraction of sp³-hybridized carbons (Fsp3) is 0.462. The van der Waals surface area contributed by atoms with Crippen molar-refractivity contribution in [1.82, 2.24) is 9.88 Å². The Morgan fingerprint density at radius 1 is 1.12 bits per heavy atom. The number of hydrogen-bond acceptors (Lipinski definition) is 6. The topological polar surface area (TPSA) is 45.7 Å². The van der Waals surface area contributed by atoms with Crippen LogP contribution in [0.4, 0.5) is 5.13 Å². The molecule has 1 amide bonds. The standard InChI is InChI=1S/C26H32ClN3O2S2/c1-19-6-7-20(2)25-24(19)28-26(34-25)30(13-4-12-29-14-16-32-17-15-29)23(31)5-3-18-33-22-10-8-21(27)9-11-22/h6-11H,3-5,12-18H2,1-2H3. The zero-order valence-corrected chi connectivity index (χ0v) is 22.3. The van der Waals surface area contributed by atoms with E-state index >= 15 is 0 Å². The summed E-state index contributed by atoms with van der Waals surface area (Å²) in [6.07, 6.45) is 2.28. The summed E-state index contributed by atoms with van der Waals surface area (Å²) in [6.45, 7) is 9.40. The average Bonchev–Trinajstić information content (AvgIpc) is 3.30.